The van der Waals surface area contributed by atoms with Crippen molar-refractivity contribution in [1.82, 2.24) is 15.1 Å². The van der Waals surface area contributed by atoms with Crippen molar-refractivity contribution in [2.45, 2.75) is 70.0 Å². The molecule has 0 aliphatic heterocycles. The summed E-state index contributed by atoms with van der Waals surface area (Å²) in [6.07, 6.45) is 6.86. The van der Waals surface area contributed by atoms with E-state index in [-0.39, 0.29) is 23.3 Å². The molecule has 248 valence electrons. The molecule has 2 atom stereocenters. The average molecular weight is 653 g/mol. The monoisotopic (exact) mass is 652 g/mol. The first kappa shape index (κ1) is 35.6. The topological polar surface area (TPSA) is 95.7 Å². The van der Waals surface area contributed by atoms with E-state index in [1.165, 1.54) is 15.9 Å². The molecule has 0 saturated heterocycles. The van der Waals surface area contributed by atoms with Crippen molar-refractivity contribution in [3.63, 3.8) is 0 Å². The molecule has 3 N–H and O–H groups in total. The molecule has 3 amide bonds. The van der Waals surface area contributed by atoms with E-state index in [9.17, 15) is 14.4 Å². The first-order valence-electron chi connectivity index (χ1n) is 16.4. The molecule has 4 rings (SSSR count). The maximum atomic E-state index is 14.5. The normalized spacial score (nSPS) is 13.0. The van der Waals surface area contributed by atoms with Gasteiger partial charge in [-0.1, -0.05) is 98.8 Å². The Morgan fingerprint density at radius 3 is 2.21 bits per heavy atom. The van der Waals surface area contributed by atoms with E-state index in [1.807, 2.05) is 104 Å². The molecule has 0 bridgehead atoms. The molecule has 1 heterocycles. The van der Waals surface area contributed by atoms with Gasteiger partial charge in [0.15, 0.2) is 0 Å². The first-order valence-corrected chi connectivity index (χ1v) is 17.3. The quantitative estimate of drug-likeness (QED) is 0.142. The van der Waals surface area contributed by atoms with Crippen molar-refractivity contribution < 1.29 is 14.4 Å². The number of carbonyl (C=O) groups excluding carboxylic acids is 3. The molecule has 4 aromatic rings. The van der Waals surface area contributed by atoms with Crippen LogP contribution >= 0.6 is 11.3 Å². The number of thiophene rings is 1. The highest BCUT2D eigenvalue weighted by Gasteiger charge is 2.35. The number of likely N-dealkylation sites (N-methyl/N-ethyl adjacent to an activating group) is 2. The lowest BCUT2D eigenvalue weighted by molar-refractivity contribution is -0.146. The molecule has 47 heavy (non-hydrogen) atoms. The van der Waals surface area contributed by atoms with Gasteiger partial charge < -0.3 is 20.9 Å². The number of nitrogens with two attached hydrogens (primary N) is 1. The van der Waals surface area contributed by atoms with Crippen LogP contribution in [-0.2, 0) is 33.6 Å². The number of hydrogen-bond acceptors (Lipinski definition) is 5. The smallest absolute Gasteiger partial charge is 0.246 e. The third-order valence-corrected chi connectivity index (χ3v) is 10.1. The highest BCUT2D eigenvalue weighted by Crippen LogP contribution is 2.21. The summed E-state index contributed by atoms with van der Waals surface area (Å²) in [4.78, 5) is 45.8. The standard InChI is InChI=1S/C39H48N4O3S/c1-5-39(40,6-2)23-12-19-36(44)42(3)35(27-30-20-21-31-16-10-11-17-32(31)26-30)38(46)43(4)34(28-33-18-13-25-47-33)37(45)41-24-22-29-14-8-7-9-15-29/h7-21,25-26,34-35H,5-6,22-24,27-28,40H2,1-4H3,(H,41,45)/t34-,35-/m1/s1. The van der Waals surface area contributed by atoms with Gasteiger partial charge in [-0.25, -0.2) is 0 Å². The van der Waals surface area contributed by atoms with E-state index < -0.39 is 12.1 Å². The zero-order valence-corrected chi connectivity index (χ0v) is 28.8. The maximum absolute atomic E-state index is 14.5. The van der Waals surface area contributed by atoms with Crippen LogP contribution in [-0.4, -0.2) is 65.8 Å². The van der Waals surface area contributed by atoms with Crippen LogP contribution in [0.25, 0.3) is 10.8 Å². The van der Waals surface area contributed by atoms with Gasteiger partial charge in [0.05, 0.1) is 0 Å². The lowest BCUT2D eigenvalue weighted by Crippen LogP contribution is -2.56. The molecule has 0 spiro atoms. The Morgan fingerprint density at radius 1 is 0.830 bits per heavy atom. The number of amides is 3. The van der Waals surface area contributed by atoms with Gasteiger partial charge in [-0.2, -0.15) is 0 Å². The summed E-state index contributed by atoms with van der Waals surface area (Å²) in [7, 11) is 3.33. The van der Waals surface area contributed by atoms with Gasteiger partial charge in [0, 0.05) is 43.9 Å². The fraction of sp³-hybridized carbons (Fsp3) is 0.359. The fourth-order valence-corrected chi connectivity index (χ4v) is 6.43. The van der Waals surface area contributed by atoms with E-state index >= 15 is 0 Å². The number of rotatable bonds is 16. The number of nitrogens with zero attached hydrogens (tertiary/aromatic N) is 2. The Labute approximate surface area is 283 Å². The molecular weight excluding hydrogens is 605 g/mol. The van der Waals surface area contributed by atoms with E-state index in [0.29, 0.717) is 32.2 Å². The van der Waals surface area contributed by atoms with Crippen molar-refractivity contribution in [1.29, 1.82) is 0 Å². The Kier molecular flexibility index (Phi) is 12.9. The van der Waals surface area contributed by atoms with Crippen LogP contribution in [0.15, 0.2) is 102 Å². The molecule has 3 aromatic carbocycles. The van der Waals surface area contributed by atoms with Crippen molar-refractivity contribution in [2.75, 3.05) is 20.6 Å². The molecule has 0 aliphatic rings. The zero-order chi connectivity index (χ0) is 33.8. The predicted octanol–water partition coefficient (Wildman–Crippen LogP) is 6.16. The summed E-state index contributed by atoms with van der Waals surface area (Å²) in [6, 6.07) is 26.5. The molecule has 7 nitrogen and oxygen atoms in total. The van der Waals surface area contributed by atoms with Crippen LogP contribution in [0.5, 0.6) is 0 Å². The molecule has 8 heteroatoms. The van der Waals surface area contributed by atoms with E-state index in [1.54, 1.807) is 25.4 Å². The van der Waals surface area contributed by atoms with Crippen molar-refractivity contribution in [3.05, 3.63) is 118 Å². The van der Waals surface area contributed by atoms with Crippen molar-refractivity contribution >= 4 is 39.8 Å². The minimum Gasteiger partial charge on any atom is -0.354 e. The van der Waals surface area contributed by atoms with E-state index in [2.05, 4.69) is 11.4 Å². The fourth-order valence-electron chi connectivity index (χ4n) is 5.69. The summed E-state index contributed by atoms with van der Waals surface area (Å²) in [5, 5.41) is 7.19. The van der Waals surface area contributed by atoms with Gasteiger partial charge in [-0.3, -0.25) is 14.4 Å². The van der Waals surface area contributed by atoms with Crippen LogP contribution in [0, 0.1) is 0 Å². The Morgan fingerprint density at radius 2 is 1.53 bits per heavy atom. The summed E-state index contributed by atoms with van der Waals surface area (Å²) < 4.78 is 0. The van der Waals surface area contributed by atoms with Crippen molar-refractivity contribution in [3.8, 4) is 0 Å². The summed E-state index contributed by atoms with van der Waals surface area (Å²) >= 11 is 1.55. The number of hydrogen-bond donors (Lipinski definition) is 2. The van der Waals surface area contributed by atoms with Gasteiger partial charge in [0.25, 0.3) is 0 Å². The molecule has 0 unspecified atom stereocenters. The number of nitrogens with one attached hydrogen (secondary N) is 1. The Hall–Kier alpha value is -4.27. The van der Waals surface area contributed by atoms with Gasteiger partial charge >= 0.3 is 0 Å². The summed E-state index contributed by atoms with van der Waals surface area (Å²) in [6.45, 7) is 4.54. The number of fused-ring (bicyclic) bond motifs is 1. The summed E-state index contributed by atoms with van der Waals surface area (Å²) in [5.74, 6) is -0.798. The van der Waals surface area contributed by atoms with Crippen LogP contribution in [0.2, 0.25) is 0 Å². The second-order valence-corrected chi connectivity index (χ2v) is 13.3. The second kappa shape index (κ2) is 17.0. The molecule has 0 aliphatic carbocycles. The lowest BCUT2D eigenvalue weighted by atomic mass is 9.90. The third kappa shape index (κ3) is 9.86. The highest BCUT2D eigenvalue weighted by molar-refractivity contribution is 7.09. The van der Waals surface area contributed by atoms with Gasteiger partial charge in [-0.05, 0) is 65.1 Å². The highest BCUT2D eigenvalue weighted by atomic mass is 32.1. The molecular formula is C39H48N4O3S. The van der Waals surface area contributed by atoms with Crippen LogP contribution in [0.4, 0.5) is 0 Å². The molecule has 0 saturated carbocycles. The largest absolute Gasteiger partial charge is 0.354 e. The Balaban J connectivity index is 1.59. The van der Waals surface area contributed by atoms with Crippen molar-refractivity contribution in [2.24, 2.45) is 5.73 Å². The minimum absolute atomic E-state index is 0.220. The van der Waals surface area contributed by atoms with Crippen LogP contribution < -0.4 is 11.1 Å². The second-order valence-electron chi connectivity index (χ2n) is 12.3. The SMILES string of the molecule is CCC(N)(CC)CC=CC(=O)N(C)[C@H](Cc1ccc2ccccc2c1)C(=O)N(C)[C@H](Cc1cccs1)C(=O)NCCc1ccccc1. The van der Waals surface area contributed by atoms with Crippen LogP contribution in [0.1, 0.15) is 49.1 Å². The van der Waals surface area contributed by atoms with Gasteiger partial charge in [0.2, 0.25) is 17.7 Å². The minimum atomic E-state index is -0.832. The lowest BCUT2D eigenvalue weighted by Gasteiger charge is -2.34. The van der Waals surface area contributed by atoms with Gasteiger partial charge in [-0.15, -0.1) is 11.3 Å². The first-order chi connectivity index (χ1) is 22.6. The molecule has 1 aromatic heterocycles. The number of benzene rings is 3. The zero-order valence-electron chi connectivity index (χ0n) is 28.0. The summed E-state index contributed by atoms with van der Waals surface area (Å²) in [5.41, 5.74) is 8.14. The van der Waals surface area contributed by atoms with E-state index in [0.717, 1.165) is 39.6 Å². The molecule has 0 radical (unpaired) electrons. The number of carbonyl (C=O) groups is 3. The Bertz CT molecular complexity index is 1630. The average Bonchev–Trinajstić information content (AvgIpc) is 3.62. The van der Waals surface area contributed by atoms with Gasteiger partial charge in [0.1, 0.15) is 12.1 Å². The molecule has 0 fully saturated rings. The third-order valence-electron chi connectivity index (χ3n) is 9.18. The van der Waals surface area contributed by atoms with Crippen LogP contribution in [0.3, 0.4) is 0 Å². The van der Waals surface area contributed by atoms with E-state index in [4.69, 9.17) is 5.73 Å². The maximum Gasteiger partial charge on any atom is 0.246 e. The predicted molar refractivity (Wildman–Crippen MR) is 193 cm³/mol.